The van der Waals surface area contributed by atoms with Gasteiger partial charge >= 0.3 is 0 Å². The zero-order valence-corrected chi connectivity index (χ0v) is 21.9. The molecule has 1 saturated heterocycles. The summed E-state index contributed by atoms with van der Waals surface area (Å²) < 4.78 is 20.6. The smallest absolute Gasteiger partial charge is 0.289 e. The van der Waals surface area contributed by atoms with Gasteiger partial charge in [-0.3, -0.25) is 9.59 Å². The third kappa shape index (κ3) is 6.77. The number of carbonyl (C=O) groups is 2. The summed E-state index contributed by atoms with van der Waals surface area (Å²) in [6, 6.07) is 13.7. The van der Waals surface area contributed by atoms with E-state index in [-0.39, 0.29) is 42.1 Å². The summed E-state index contributed by atoms with van der Waals surface area (Å²) in [6.07, 6.45) is 6.35. The van der Waals surface area contributed by atoms with Crippen LogP contribution in [0.25, 0.3) is 6.08 Å². The minimum absolute atomic E-state index is 0.0502. The number of hydrogen-bond acceptors (Lipinski definition) is 4. The molecule has 198 valence electrons. The van der Waals surface area contributed by atoms with Gasteiger partial charge in [0.1, 0.15) is 11.9 Å². The molecule has 2 aromatic rings. The molecule has 1 aliphatic carbocycles. The first-order chi connectivity index (χ1) is 18.0. The molecule has 2 unspecified atom stereocenters. The molecule has 2 atom stereocenters. The molecule has 0 spiro atoms. The van der Waals surface area contributed by atoms with Gasteiger partial charge in [-0.2, -0.15) is 0 Å². The van der Waals surface area contributed by atoms with E-state index in [4.69, 9.17) is 4.74 Å². The van der Waals surface area contributed by atoms with Gasteiger partial charge in [0.05, 0.1) is 6.04 Å². The first-order valence-corrected chi connectivity index (χ1v) is 13.5. The van der Waals surface area contributed by atoms with Crippen molar-refractivity contribution in [1.82, 2.24) is 15.1 Å². The van der Waals surface area contributed by atoms with Gasteiger partial charge in [-0.15, -0.1) is 0 Å². The highest BCUT2D eigenvalue weighted by Gasteiger charge is 2.41. The predicted octanol–water partition coefficient (Wildman–Crippen LogP) is 5.00. The van der Waals surface area contributed by atoms with E-state index in [2.05, 4.69) is 24.1 Å². The van der Waals surface area contributed by atoms with Crippen LogP contribution in [0.15, 0.2) is 54.3 Å². The van der Waals surface area contributed by atoms with Crippen molar-refractivity contribution in [3.8, 4) is 0 Å². The summed E-state index contributed by atoms with van der Waals surface area (Å²) in [5, 5.41) is 2.98. The normalized spacial score (nSPS) is 20.6. The Morgan fingerprint density at radius 2 is 1.84 bits per heavy atom. The Bertz CT molecular complexity index is 1100. The highest BCUT2D eigenvalue weighted by atomic mass is 19.1. The second-order valence-corrected chi connectivity index (χ2v) is 9.80. The lowest BCUT2D eigenvalue weighted by Crippen LogP contribution is -2.54. The number of carbonyl (C=O) groups excluding carboxylic acids is 2. The third-order valence-electron chi connectivity index (χ3n) is 7.42. The van der Waals surface area contributed by atoms with Crippen LogP contribution in [0.2, 0.25) is 0 Å². The fourth-order valence-corrected chi connectivity index (χ4v) is 5.20. The first kappa shape index (κ1) is 26.9. The van der Waals surface area contributed by atoms with Crippen LogP contribution in [0, 0.1) is 5.82 Å². The Labute approximate surface area is 219 Å². The number of nitrogens with zero attached hydrogens (tertiary/aromatic N) is 2. The maximum atomic E-state index is 14.4. The Balaban J connectivity index is 1.43. The number of rotatable bonds is 10. The van der Waals surface area contributed by atoms with Gasteiger partial charge < -0.3 is 19.9 Å². The van der Waals surface area contributed by atoms with E-state index in [1.165, 1.54) is 6.07 Å². The Morgan fingerprint density at radius 3 is 2.57 bits per heavy atom. The van der Waals surface area contributed by atoms with Gasteiger partial charge in [0.15, 0.2) is 5.76 Å². The van der Waals surface area contributed by atoms with Gasteiger partial charge in [0, 0.05) is 24.2 Å². The molecular weight excluding hydrogens is 469 g/mol. The molecule has 1 saturated carbocycles. The number of fused-ring (bicyclic) bond motifs is 1. The van der Waals surface area contributed by atoms with Gasteiger partial charge in [-0.25, -0.2) is 4.39 Å². The molecule has 0 bridgehead atoms. The average Bonchev–Trinajstić information content (AvgIpc) is 2.92. The molecule has 2 fully saturated rings. The molecule has 2 aromatic carbocycles. The molecule has 1 aliphatic heterocycles. The highest BCUT2D eigenvalue weighted by Crippen LogP contribution is 2.34. The molecule has 0 aromatic heterocycles. The standard InChI is InChI=1S/C30H38FN3O3/c1-3-33(4-2)19-9-18-32-29(35)23-16-14-22(15-17-23)20-28-30(36)34(21-24-10-5-6-11-25(24)31)26-12-7-8-13-27(26)37-28/h5-6,10-11,14-17,20,26-27H,3-4,7-9,12-13,18-19,21H2,1-2H3,(H,32,35)/b28-20-. The van der Waals surface area contributed by atoms with Crippen molar-refractivity contribution in [2.24, 2.45) is 0 Å². The van der Waals surface area contributed by atoms with E-state index < -0.39 is 0 Å². The molecule has 6 nitrogen and oxygen atoms in total. The molecule has 37 heavy (non-hydrogen) atoms. The number of amides is 2. The predicted molar refractivity (Wildman–Crippen MR) is 143 cm³/mol. The van der Waals surface area contributed by atoms with Crippen molar-refractivity contribution in [2.45, 2.75) is 64.6 Å². The Morgan fingerprint density at radius 1 is 1.11 bits per heavy atom. The van der Waals surface area contributed by atoms with E-state index in [9.17, 15) is 14.0 Å². The van der Waals surface area contributed by atoms with Gasteiger partial charge in [0.2, 0.25) is 0 Å². The second kappa shape index (κ2) is 12.9. The molecular formula is C30H38FN3O3. The van der Waals surface area contributed by atoms with Crippen LogP contribution in [0.1, 0.15) is 67.4 Å². The van der Waals surface area contributed by atoms with Crippen LogP contribution < -0.4 is 5.32 Å². The van der Waals surface area contributed by atoms with Crippen LogP contribution in [0.3, 0.4) is 0 Å². The van der Waals surface area contributed by atoms with Crippen LogP contribution >= 0.6 is 0 Å². The molecule has 4 rings (SSSR count). The first-order valence-electron chi connectivity index (χ1n) is 13.5. The van der Waals surface area contributed by atoms with Crippen molar-refractivity contribution >= 4 is 17.9 Å². The SMILES string of the molecule is CCN(CC)CCCNC(=O)c1ccc(/C=C2\OC3CCCCC3N(Cc3ccccc3F)C2=O)cc1. The van der Waals surface area contributed by atoms with E-state index in [0.29, 0.717) is 17.7 Å². The zero-order chi connectivity index (χ0) is 26.2. The quantitative estimate of drug-likeness (QED) is 0.363. The number of morpholine rings is 1. The molecule has 1 heterocycles. The van der Waals surface area contributed by atoms with Gasteiger partial charge in [-0.1, -0.05) is 50.6 Å². The molecule has 0 radical (unpaired) electrons. The molecule has 2 aliphatic rings. The lowest BCUT2D eigenvalue weighted by Gasteiger charge is -2.44. The number of nitrogens with one attached hydrogen (secondary N) is 1. The fraction of sp³-hybridized carbons (Fsp3) is 0.467. The van der Waals surface area contributed by atoms with Crippen molar-refractivity contribution in [3.63, 3.8) is 0 Å². The Hall–Kier alpha value is -3.19. The summed E-state index contributed by atoms with van der Waals surface area (Å²) in [5.74, 6) is -0.360. The monoisotopic (exact) mass is 507 g/mol. The topological polar surface area (TPSA) is 61.9 Å². The van der Waals surface area contributed by atoms with Gasteiger partial charge in [0.25, 0.3) is 11.8 Å². The summed E-state index contributed by atoms with van der Waals surface area (Å²) in [4.78, 5) is 30.1. The van der Waals surface area contributed by atoms with E-state index >= 15 is 0 Å². The summed E-state index contributed by atoms with van der Waals surface area (Å²) in [7, 11) is 0. The van der Waals surface area contributed by atoms with Crippen molar-refractivity contribution in [1.29, 1.82) is 0 Å². The fourth-order valence-electron chi connectivity index (χ4n) is 5.20. The van der Waals surface area contributed by atoms with E-state index in [1.807, 2.05) is 12.1 Å². The van der Waals surface area contributed by atoms with Crippen LogP contribution in [-0.2, 0) is 16.1 Å². The minimum Gasteiger partial charge on any atom is -0.482 e. The summed E-state index contributed by atoms with van der Waals surface area (Å²) in [5.41, 5.74) is 1.87. The largest absolute Gasteiger partial charge is 0.482 e. The van der Waals surface area contributed by atoms with Crippen LogP contribution in [0.5, 0.6) is 0 Å². The maximum Gasteiger partial charge on any atom is 0.289 e. The lowest BCUT2D eigenvalue weighted by atomic mass is 9.89. The second-order valence-electron chi connectivity index (χ2n) is 9.80. The summed E-state index contributed by atoms with van der Waals surface area (Å²) >= 11 is 0. The Kier molecular flexibility index (Phi) is 9.34. The molecule has 1 N–H and O–H groups in total. The van der Waals surface area contributed by atoms with Crippen LogP contribution in [-0.4, -0.2) is 59.9 Å². The molecule has 2 amide bonds. The highest BCUT2D eigenvalue weighted by molar-refractivity contribution is 5.97. The van der Waals surface area contributed by atoms with E-state index in [1.54, 1.807) is 41.3 Å². The van der Waals surface area contributed by atoms with Crippen molar-refractivity contribution < 1.29 is 18.7 Å². The molecule has 7 heteroatoms. The van der Waals surface area contributed by atoms with Crippen LogP contribution in [0.4, 0.5) is 4.39 Å². The minimum atomic E-state index is -0.304. The van der Waals surface area contributed by atoms with Crippen molar-refractivity contribution in [3.05, 3.63) is 76.8 Å². The van der Waals surface area contributed by atoms with Gasteiger partial charge in [-0.05, 0) is 75.2 Å². The zero-order valence-electron chi connectivity index (χ0n) is 21.9. The number of benzene rings is 2. The third-order valence-corrected chi connectivity index (χ3v) is 7.42. The average molecular weight is 508 g/mol. The number of ether oxygens (including phenoxy) is 1. The van der Waals surface area contributed by atoms with E-state index in [0.717, 1.165) is 57.3 Å². The summed E-state index contributed by atoms with van der Waals surface area (Å²) in [6.45, 7) is 8.11. The lowest BCUT2D eigenvalue weighted by molar-refractivity contribution is -0.149. The number of hydrogen-bond donors (Lipinski definition) is 1. The van der Waals surface area contributed by atoms with Crippen molar-refractivity contribution in [2.75, 3.05) is 26.2 Å². The number of halogens is 1. The maximum absolute atomic E-state index is 14.4.